The van der Waals surface area contributed by atoms with Gasteiger partial charge in [0.05, 0.1) is 12.7 Å². The fourth-order valence-electron chi connectivity index (χ4n) is 3.25. The quantitative estimate of drug-likeness (QED) is 0.418. The molecule has 1 aliphatic heterocycles. The lowest BCUT2D eigenvalue weighted by atomic mass is 10.1. The molecule has 150 valence electrons. The number of anilines is 1. The zero-order valence-electron chi connectivity index (χ0n) is 16.6. The third-order valence-electron chi connectivity index (χ3n) is 4.73. The van der Waals surface area contributed by atoms with E-state index in [0.717, 1.165) is 34.7 Å². The van der Waals surface area contributed by atoms with Crippen molar-refractivity contribution >= 4 is 17.4 Å². The van der Waals surface area contributed by atoms with Crippen LogP contribution in [0.5, 0.6) is 11.6 Å². The van der Waals surface area contributed by atoms with E-state index in [-0.39, 0.29) is 0 Å². The van der Waals surface area contributed by atoms with Crippen LogP contribution in [0.25, 0.3) is 11.3 Å². The number of para-hydroxylation sites is 2. The third kappa shape index (κ3) is 4.29. The lowest BCUT2D eigenvalue weighted by Crippen LogP contribution is -2.18. The maximum Gasteiger partial charge on any atom is 0.247 e. The molecule has 2 aromatic carbocycles. The lowest BCUT2D eigenvalue weighted by molar-refractivity contribution is 0.220. The summed E-state index contributed by atoms with van der Waals surface area (Å²) in [4.78, 5) is 4.69. The number of aromatic nitrogens is 3. The van der Waals surface area contributed by atoms with Crippen molar-refractivity contribution in [2.45, 2.75) is 37.6 Å². The van der Waals surface area contributed by atoms with Crippen LogP contribution in [-0.2, 0) is 0 Å². The van der Waals surface area contributed by atoms with E-state index >= 15 is 0 Å². The van der Waals surface area contributed by atoms with Crippen LogP contribution in [0.2, 0.25) is 0 Å². The van der Waals surface area contributed by atoms with Gasteiger partial charge in [-0.2, -0.15) is 4.98 Å². The Bertz CT molecular complexity index is 983. The van der Waals surface area contributed by atoms with Crippen molar-refractivity contribution in [2.75, 3.05) is 18.2 Å². The first kappa shape index (κ1) is 19.5. The highest BCUT2D eigenvalue weighted by molar-refractivity contribution is 7.99. The number of nitrogens with one attached hydrogen (secondary N) is 1. The summed E-state index contributed by atoms with van der Waals surface area (Å²) in [6.45, 7) is 2.20. The second-order valence-corrected chi connectivity index (χ2v) is 7.80. The first-order valence-corrected chi connectivity index (χ1v) is 10.8. The molecule has 0 fully saturated rings. The summed E-state index contributed by atoms with van der Waals surface area (Å²) in [6, 6.07) is 15.8. The van der Waals surface area contributed by atoms with Gasteiger partial charge in [-0.25, -0.2) is 0 Å². The smallest absolute Gasteiger partial charge is 0.247 e. The fraction of sp³-hybridized carbons (Fsp3) is 0.318. The predicted molar refractivity (Wildman–Crippen MR) is 115 cm³/mol. The van der Waals surface area contributed by atoms with E-state index in [9.17, 15) is 0 Å². The van der Waals surface area contributed by atoms with Crippen molar-refractivity contribution in [1.82, 2.24) is 15.2 Å². The average molecular weight is 409 g/mol. The van der Waals surface area contributed by atoms with Gasteiger partial charge >= 0.3 is 0 Å². The van der Waals surface area contributed by atoms with Crippen molar-refractivity contribution in [3.8, 4) is 22.9 Å². The average Bonchev–Trinajstić information content (AvgIpc) is 2.93. The van der Waals surface area contributed by atoms with Gasteiger partial charge in [-0.1, -0.05) is 61.9 Å². The molecule has 0 saturated carbocycles. The Balaban J connectivity index is 1.71. The van der Waals surface area contributed by atoms with E-state index in [1.807, 2.05) is 48.5 Å². The largest absolute Gasteiger partial charge is 0.496 e. The Morgan fingerprint density at radius 1 is 1.07 bits per heavy atom. The number of methoxy groups -OCH3 is 1. The summed E-state index contributed by atoms with van der Waals surface area (Å²) in [5.74, 6) is 2.20. The van der Waals surface area contributed by atoms with Crippen LogP contribution >= 0.6 is 11.8 Å². The predicted octanol–water partition coefficient (Wildman–Crippen LogP) is 5.33. The molecule has 0 amide bonds. The molecule has 1 aromatic heterocycles. The minimum Gasteiger partial charge on any atom is -0.496 e. The number of hydrogen-bond donors (Lipinski definition) is 1. The number of nitrogens with zero attached hydrogens (tertiary/aromatic N) is 3. The van der Waals surface area contributed by atoms with E-state index in [1.165, 1.54) is 12.8 Å². The molecular weight excluding hydrogens is 384 g/mol. The fourth-order valence-corrected chi connectivity index (χ4v) is 4.02. The Kier molecular flexibility index (Phi) is 6.14. The van der Waals surface area contributed by atoms with Crippen LogP contribution in [0.4, 0.5) is 5.69 Å². The van der Waals surface area contributed by atoms with Gasteiger partial charge in [-0.05, 0) is 24.6 Å². The van der Waals surface area contributed by atoms with Crippen LogP contribution in [-0.4, -0.2) is 28.0 Å². The number of benzene rings is 2. The molecule has 0 saturated heterocycles. The number of hydrogen-bond acceptors (Lipinski definition) is 7. The van der Waals surface area contributed by atoms with Crippen molar-refractivity contribution in [1.29, 1.82) is 0 Å². The molecule has 0 unspecified atom stereocenters. The molecule has 1 aliphatic rings. The maximum absolute atomic E-state index is 6.32. The van der Waals surface area contributed by atoms with Gasteiger partial charge in [0.25, 0.3) is 0 Å². The second-order valence-electron chi connectivity index (χ2n) is 6.73. The molecule has 1 atom stereocenters. The second kappa shape index (κ2) is 9.13. The molecule has 3 aromatic rings. The molecule has 1 N–H and O–H groups in total. The SMILES string of the molecule is CCCCCSc1nnc2c(n1)O[C@@H](c1ccccc1OC)Nc1ccccc1-2. The van der Waals surface area contributed by atoms with Crippen LogP contribution in [0.3, 0.4) is 0 Å². The van der Waals surface area contributed by atoms with Crippen molar-refractivity contribution in [2.24, 2.45) is 0 Å². The topological polar surface area (TPSA) is 69.2 Å². The summed E-state index contributed by atoms with van der Waals surface area (Å²) in [5.41, 5.74) is 3.38. The first-order valence-electron chi connectivity index (χ1n) is 9.83. The highest BCUT2D eigenvalue weighted by Crippen LogP contribution is 2.40. The van der Waals surface area contributed by atoms with E-state index in [4.69, 9.17) is 9.47 Å². The molecule has 6 nitrogen and oxygen atoms in total. The van der Waals surface area contributed by atoms with Gasteiger partial charge in [0.1, 0.15) is 5.75 Å². The molecule has 4 rings (SSSR count). The van der Waals surface area contributed by atoms with E-state index < -0.39 is 6.23 Å². The Hall–Kier alpha value is -2.80. The molecule has 0 bridgehead atoms. The van der Waals surface area contributed by atoms with Gasteiger partial charge in [-0.15, -0.1) is 10.2 Å². The first-order chi connectivity index (χ1) is 14.3. The molecule has 29 heavy (non-hydrogen) atoms. The number of rotatable bonds is 7. The van der Waals surface area contributed by atoms with Crippen LogP contribution < -0.4 is 14.8 Å². The highest BCUT2D eigenvalue weighted by atomic mass is 32.2. The van der Waals surface area contributed by atoms with Gasteiger partial charge in [-0.3, -0.25) is 0 Å². The summed E-state index contributed by atoms with van der Waals surface area (Å²) >= 11 is 1.62. The van der Waals surface area contributed by atoms with Crippen LogP contribution in [0, 0.1) is 0 Å². The Morgan fingerprint density at radius 3 is 2.76 bits per heavy atom. The normalized spacial score (nSPS) is 14.8. The number of ether oxygens (including phenoxy) is 2. The number of unbranched alkanes of at least 4 members (excludes halogenated alkanes) is 2. The molecule has 2 heterocycles. The molecule has 7 heteroatoms. The van der Waals surface area contributed by atoms with Crippen molar-refractivity contribution < 1.29 is 9.47 Å². The van der Waals surface area contributed by atoms with E-state index in [0.29, 0.717) is 16.7 Å². The van der Waals surface area contributed by atoms with Crippen LogP contribution in [0.15, 0.2) is 53.7 Å². The maximum atomic E-state index is 6.32. The Labute approximate surface area is 175 Å². The number of fused-ring (bicyclic) bond motifs is 3. The molecule has 0 aliphatic carbocycles. The van der Waals surface area contributed by atoms with Gasteiger partial charge in [0, 0.05) is 17.0 Å². The molecular formula is C22H24N4O2S. The van der Waals surface area contributed by atoms with Gasteiger partial charge < -0.3 is 14.8 Å². The van der Waals surface area contributed by atoms with E-state index in [2.05, 4.69) is 27.4 Å². The summed E-state index contributed by atoms with van der Waals surface area (Å²) in [5, 5.41) is 12.9. The summed E-state index contributed by atoms with van der Waals surface area (Å²) in [7, 11) is 1.66. The monoisotopic (exact) mass is 408 g/mol. The standard InChI is InChI=1S/C22H24N4O2S/c1-3-4-9-14-29-22-24-21-19(25-26-22)15-10-5-7-12-17(15)23-20(28-21)16-11-6-8-13-18(16)27-2/h5-8,10-13,20,23H,3-4,9,14H2,1-2H3/t20-/m0/s1. The third-order valence-corrected chi connectivity index (χ3v) is 5.66. The molecule has 0 radical (unpaired) electrons. The van der Waals surface area contributed by atoms with Gasteiger partial charge in [0.15, 0.2) is 5.69 Å². The minimum atomic E-state index is -0.455. The van der Waals surface area contributed by atoms with Gasteiger partial charge in [0.2, 0.25) is 17.3 Å². The summed E-state index contributed by atoms with van der Waals surface area (Å²) < 4.78 is 11.9. The Morgan fingerprint density at radius 2 is 1.90 bits per heavy atom. The van der Waals surface area contributed by atoms with Crippen molar-refractivity contribution in [3.63, 3.8) is 0 Å². The van der Waals surface area contributed by atoms with Crippen LogP contribution in [0.1, 0.15) is 38.0 Å². The molecule has 0 spiro atoms. The highest BCUT2D eigenvalue weighted by Gasteiger charge is 2.27. The summed E-state index contributed by atoms with van der Waals surface area (Å²) in [6.07, 6.45) is 3.07. The van der Waals surface area contributed by atoms with E-state index in [1.54, 1.807) is 18.9 Å². The zero-order valence-corrected chi connectivity index (χ0v) is 17.4. The van der Waals surface area contributed by atoms with Crippen molar-refractivity contribution in [3.05, 3.63) is 54.1 Å². The minimum absolute atomic E-state index is 0.455. The lowest BCUT2D eigenvalue weighted by Gasteiger charge is -2.21. The number of thioether (sulfide) groups is 1. The zero-order chi connectivity index (χ0) is 20.1.